The van der Waals surface area contributed by atoms with Crippen LogP contribution >= 0.6 is 0 Å². The van der Waals surface area contributed by atoms with E-state index in [4.69, 9.17) is 0 Å². The summed E-state index contributed by atoms with van der Waals surface area (Å²) < 4.78 is 27.2. The summed E-state index contributed by atoms with van der Waals surface area (Å²) in [5.41, 5.74) is -0.397. The van der Waals surface area contributed by atoms with Crippen LogP contribution in [0.15, 0.2) is 29.2 Å². The van der Waals surface area contributed by atoms with Crippen LogP contribution in [0.1, 0.15) is 19.3 Å². The van der Waals surface area contributed by atoms with E-state index in [1.165, 1.54) is 24.3 Å². The summed E-state index contributed by atoms with van der Waals surface area (Å²) in [6, 6.07) is 5.21. The maximum Gasteiger partial charge on any atom is 0.289 e. The summed E-state index contributed by atoms with van der Waals surface area (Å²) >= 11 is 0. The summed E-state index contributed by atoms with van der Waals surface area (Å²) in [5, 5.41) is 14.1. The number of hydrogen-bond donors (Lipinski definition) is 2. The minimum Gasteiger partial charge on any atom is -0.317 e. The molecule has 2 rings (SSSR count). The fourth-order valence-corrected chi connectivity index (χ4v) is 3.73. The smallest absolute Gasteiger partial charge is 0.289 e. The first-order chi connectivity index (χ1) is 9.50. The van der Waals surface area contributed by atoms with Gasteiger partial charge in [0, 0.05) is 12.1 Å². The fourth-order valence-electron chi connectivity index (χ4n) is 2.26. The van der Waals surface area contributed by atoms with E-state index in [1.807, 2.05) is 0 Å². The number of nitrogens with one attached hydrogen (secondary N) is 2. The highest BCUT2D eigenvalue weighted by atomic mass is 32.2. The van der Waals surface area contributed by atoms with Gasteiger partial charge in [0.15, 0.2) is 4.90 Å². The minimum absolute atomic E-state index is 0.185. The number of nitro benzene ring substituents is 1. The van der Waals surface area contributed by atoms with E-state index in [2.05, 4.69) is 10.0 Å². The van der Waals surface area contributed by atoms with Gasteiger partial charge in [0.05, 0.1) is 4.92 Å². The molecular formula is C12H17N3O4S. The standard InChI is InChI=1S/C12H17N3O4S/c16-15(17)11-5-1-2-6-12(11)20(18,19)14-10-4-3-8-13-9-7-10/h1-2,5-6,10,13-14H,3-4,7-9H2. The SMILES string of the molecule is O=[N+]([O-])c1ccccc1S(=O)(=O)NC1CCCNCC1. The molecule has 1 aromatic carbocycles. The van der Waals surface area contributed by atoms with Gasteiger partial charge < -0.3 is 5.32 Å². The van der Waals surface area contributed by atoms with Crippen LogP contribution in [0.2, 0.25) is 0 Å². The van der Waals surface area contributed by atoms with Crippen LogP contribution < -0.4 is 10.0 Å². The van der Waals surface area contributed by atoms with Crippen molar-refractivity contribution in [3.63, 3.8) is 0 Å². The van der Waals surface area contributed by atoms with Crippen LogP contribution in [-0.2, 0) is 10.0 Å². The summed E-state index contributed by atoms with van der Waals surface area (Å²) in [6.45, 7) is 1.60. The van der Waals surface area contributed by atoms with Gasteiger partial charge in [-0.05, 0) is 38.4 Å². The summed E-state index contributed by atoms with van der Waals surface area (Å²) in [7, 11) is -3.87. The predicted molar refractivity (Wildman–Crippen MR) is 73.9 cm³/mol. The molecule has 8 heteroatoms. The summed E-state index contributed by atoms with van der Waals surface area (Å²) in [5.74, 6) is 0. The Labute approximate surface area is 117 Å². The number of sulfonamides is 1. The van der Waals surface area contributed by atoms with Crippen LogP contribution in [0.4, 0.5) is 5.69 Å². The van der Waals surface area contributed by atoms with Gasteiger partial charge in [-0.1, -0.05) is 12.1 Å². The number of rotatable bonds is 4. The Morgan fingerprint density at radius 2 is 2.00 bits per heavy atom. The zero-order chi connectivity index (χ0) is 14.6. The molecule has 20 heavy (non-hydrogen) atoms. The van der Waals surface area contributed by atoms with Crippen molar-refractivity contribution in [3.8, 4) is 0 Å². The Kier molecular flexibility index (Phi) is 4.69. The van der Waals surface area contributed by atoms with Crippen molar-refractivity contribution in [2.45, 2.75) is 30.2 Å². The van der Waals surface area contributed by atoms with Crippen LogP contribution in [0.25, 0.3) is 0 Å². The van der Waals surface area contributed by atoms with E-state index in [1.54, 1.807) is 0 Å². The van der Waals surface area contributed by atoms with Gasteiger partial charge in [-0.2, -0.15) is 0 Å². The topological polar surface area (TPSA) is 101 Å². The molecular weight excluding hydrogens is 282 g/mol. The normalized spacial score (nSPS) is 20.3. The first kappa shape index (κ1) is 14.9. The third-order valence-corrected chi connectivity index (χ3v) is 4.82. The Bertz CT molecular complexity index is 580. The van der Waals surface area contributed by atoms with E-state index in [0.717, 1.165) is 25.9 Å². The molecule has 7 nitrogen and oxygen atoms in total. The first-order valence-electron chi connectivity index (χ1n) is 6.47. The Hall–Kier alpha value is -1.51. The maximum atomic E-state index is 12.3. The van der Waals surface area contributed by atoms with Crippen molar-refractivity contribution in [2.75, 3.05) is 13.1 Å². The lowest BCUT2D eigenvalue weighted by Gasteiger charge is -2.16. The van der Waals surface area contributed by atoms with Gasteiger partial charge in [0.25, 0.3) is 5.69 Å². The zero-order valence-corrected chi connectivity index (χ0v) is 11.7. The molecule has 1 unspecified atom stereocenters. The van der Waals surface area contributed by atoms with Crippen LogP contribution in [0.3, 0.4) is 0 Å². The third kappa shape index (κ3) is 3.53. The van der Waals surface area contributed by atoms with Crippen molar-refractivity contribution in [2.24, 2.45) is 0 Å². The van der Waals surface area contributed by atoms with Crippen molar-refractivity contribution in [1.29, 1.82) is 0 Å². The summed E-state index contributed by atoms with van der Waals surface area (Å²) in [6.07, 6.45) is 2.29. The van der Waals surface area contributed by atoms with Crippen molar-refractivity contribution in [3.05, 3.63) is 34.4 Å². The second-order valence-electron chi connectivity index (χ2n) is 4.72. The lowest BCUT2D eigenvalue weighted by Crippen LogP contribution is -2.35. The van der Waals surface area contributed by atoms with Crippen LogP contribution in [0.5, 0.6) is 0 Å². The second-order valence-corrected chi connectivity index (χ2v) is 6.41. The quantitative estimate of drug-likeness (QED) is 0.638. The largest absolute Gasteiger partial charge is 0.317 e. The molecule has 0 aliphatic carbocycles. The van der Waals surface area contributed by atoms with E-state index in [9.17, 15) is 18.5 Å². The van der Waals surface area contributed by atoms with Gasteiger partial charge in [-0.3, -0.25) is 10.1 Å². The number of benzene rings is 1. The van der Waals surface area contributed by atoms with Gasteiger partial charge in [0.2, 0.25) is 10.0 Å². The van der Waals surface area contributed by atoms with Crippen molar-refractivity contribution >= 4 is 15.7 Å². The van der Waals surface area contributed by atoms with Gasteiger partial charge >= 0.3 is 0 Å². The molecule has 0 bridgehead atoms. The Morgan fingerprint density at radius 3 is 2.75 bits per heavy atom. The van der Waals surface area contributed by atoms with Crippen LogP contribution in [0, 0.1) is 10.1 Å². The fraction of sp³-hybridized carbons (Fsp3) is 0.500. The molecule has 0 spiro atoms. The van der Waals surface area contributed by atoms with E-state index in [0.29, 0.717) is 6.42 Å². The van der Waals surface area contributed by atoms with E-state index >= 15 is 0 Å². The predicted octanol–water partition coefficient (Wildman–Crippen LogP) is 1.02. The second kappa shape index (κ2) is 6.29. The number of nitro groups is 1. The minimum atomic E-state index is -3.87. The Balaban J connectivity index is 2.24. The average Bonchev–Trinajstić information content (AvgIpc) is 2.67. The lowest BCUT2D eigenvalue weighted by molar-refractivity contribution is -0.387. The number of hydrogen-bond acceptors (Lipinski definition) is 5. The lowest BCUT2D eigenvalue weighted by atomic mass is 10.1. The van der Waals surface area contributed by atoms with E-state index in [-0.39, 0.29) is 10.9 Å². The van der Waals surface area contributed by atoms with Gasteiger partial charge in [-0.15, -0.1) is 0 Å². The molecule has 1 aliphatic rings. The third-order valence-electron chi connectivity index (χ3n) is 3.25. The number of nitrogens with zero attached hydrogens (tertiary/aromatic N) is 1. The Morgan fingerprint density at radius 1 is 1.25 bits per heavy atom. The van der Waals surface area contributed by atoms with Crippen molar-refractivity contribution in [1.82, 2.24) is 10.0 Å². The highest BCUT2D eigenvalue weighted by Gasteiger charge is 2.27. The highest BCUT2D eigenvalue weighted by Crippen LogP contribution is 2.23. The summed E-state index contributed by atoms with van der Waals surface area (Å²) in [4.78, 5) is 9.97. The van der Waals surface area contributed by atoms with Gasteiger partial charge in [-0.25, -0.2) is 13.1 Å². The molecule has 110 valence electrons. The highest BCUT2D eigenvalue weighted by molar-refractivity contribution is 7.89. The molecule has 1 aromatic rings. The van der Waals surface area contributed by atoms with Crippen molar-refractivity contribution < 1.29 is 13.3 Å². The zero-order valence-electron chi connectivity index (χ0n) is 10.9. The van der Waals surface area contributed by atoms with E-state index < -0.39 is 20.6 Å². The number of para-hydroxylation sites is 1. The molecule has 1 saturated heterocycles. The molecule has 0 saturated carbocycles. The molecule has 2 N–H and O–H groups in total. The average molecular weight is 299 g/mol. The molecule has 0 aromatic heterocycles. The molecule has 1 aliphatic heterocycles. The molecule has 1 fully saturated rings. The molecule has 1 heterocycles. The van der Waals surface area contributed by atoms with Gasteiger partial charge in [0.1, 0.15) is 0 Å². The molecule has 1 atom stereocenters. The maximum absolute atomic E-state index is 12.3. The molecule has 0 amide bonds. The monoisotopic (exact) mass is 299 g/mol. The first-order valence-corrected chi connectivity index (χ1v) is 7.95. The molecule has 0 radical (unpaired) electrons. The van der Waals surface area contributed by atoms with Crippen LogP contribution in [-0.4, -0.2) is 32.5 Å².